The molecule has 0 bridgehead atoms. The Labute approximate surface area is 132 Å². The molecule has 0 radical (unpaired) electrons. The Bertz CT molecular complexity index is 612. The van der Waals surface area contributed by atoms with E-state index in [2.05, 4.69) is 4.98 Å². The molecule has 112 valence electrons. The summed E-state index contributed by atoms with van der Waals surface area (Å²) in [6.07, 6.45) is 0.123. The molecular formula is C15H16ClNO3S. The third kappa shape index (κ3) is 4.81. The van der Waals surface area contributed by atoms with E-state index < -0.39 is 5.97 Å². The number of hydrogen-bond acceptors (Lipinski definition) is 5. The number of aromatic nitrogens is 1. The summed E-state index contributed by atoms with van der Waals surface area (Å²) < 4.78 is 10.4. The molecule has 0 saturated carbocycles. The largest absolute Gasteiger partial charge is 0.458 e. The van der Waals surface area contributed by atoms with E-state index in [1.807, 2.05) is 32.0 Å². The van der Waals surface area contributed by atoms with E-state index >= 15 is 0 Å². The molecule has 1 aromatic heterocycles. The molecule has 0 amide bonds. The lowest BCUT2D eigenvalue weighted by atomic mass is 10.2. The zero-order chi connectivity index (χ0) is 15.2. The van der Waals surface area contributed by atoms with Gasteiger partial charge in [-0.25, -0.2) is 9.78 Å². The third-order valence-corrected chi connectivity index (χ3v) is 3.68. The molecule has 4 nitrogen and oxygen atoms in total. The van der Waals surface area contributed by atoms with Gasteiger partial charge in [-0.1, -0.05) is 23.7 Å². The van der Waals surface area contributed by atoms with Crippen LogP contribution in [-0.4, -0.2) is 30.3 Å². The van der Waals surface area contributed by atoms with Crippen molar-refractivity contribution in [2.45, 2.75) is 20.0 Å². The second-order valence-corrected chi connectivity index (χ2v) is 5.90. The van der Waals surface area contributed by atoms with E-state index in [9.17, 15) is 4.79 Å². The van der Waals surface area contributed by atoms with E-state index in [0.717, 1.165) is 10.6 Å². The first-order valence-corrected chi connectivity index (χ1v) is 7.82. The second kappa shape index (κ2) is 7.54. The maximum absolute atomic E-state index is 11.8. The van der Waals surface area contributed by atoms with E-state index in [4.69, 9.17) is 21.1 Å². The first-order chi connectivity index (χ1) is 10.1. The maximum atomic E-state index is 11.8. The number of benzene rings is 1. The number of ether oxygens (including phenoxy) is 2. The highest BCUT2D eigenvalue weighted by Crippen LogP contribution is 2.26. The normalized spacial score (nSPS) is 10.9. The summed E-state index contributed by atoms with van der Waals surface area (Å²) in [5.41, 5.74) is 1.19. The van der Waals surface area contributed by atoms with E-state index in [1.54, 1.807) is 11.4 Å². The number of rotatable bonds is 6. The van der Waals surface area contributed by atoms with E-state index in [-0.39, 0.29) is 12.7 Å². The van der Waals surface area contributed by atoms with Crippen LogP contribution in [0.1, 0.15) is 24.3 Å². The van der Waals surface area contributed by atoms with Crippen LogP contribution >= 0.6 is 22.9 Å². The highest BCUT2D eigenvalue weighted by atomic mass is 35.5. The molecule has 1 heterocycles. The fraction of sp³-hybridized carbons (Fsp3) is 0.333. The molecule has 6 heteroatoms. The minimum Gasteiger partial charge on any atom is -0.458 e. The average molecular weight is 326 g/mol. The molecular weight excluding hydrogens is 310 g/mol. The van der Waals surface area contributed by atoms with Gasteiger partial charge in [-0.3, -0.25) is 0 Å². The van der Waals surface area contributed by atoms with Crippen molar-refractivity contribution in [1.82, 2.24) is 4.98 Å². The molecule has 0 aliphatic heterocycles. The fourth-order valence-electron chi connectivity index (χ4n) is 1.61. The highest BCUT2D eigenvalue weighted by molar-refractivity contribution is 7.13. The summed E-state index contributed by atoms with van der Waals surface area (Å²) in [5.74, 6) is -0.438. The standard InChI is InChI=1S/C15H16ClNO3S/c1-10(2)19-6-7-20-15(18)13-9-21-14(17-13)11-4-3-5-12(16)8-11/h3-5,8-10H,6-7H2,1-2H3. The van der Waals surface area contributed by atoms with Crippen molar-refractivity contribution >= 4 is 28.9 Å². The number of carbonyl (C=O) groups excluding carboxylic acids is 1. The van der Waals surface area contributed by atoms with Gasteiger partial charge in [0.05, 0.1) is 12.7 Å². The number of halogens is 1. The molecule has 0 aliphatic rings. The van der Waals surface area contributed by atoms with E-state index in [1.165, 1.54) is 11.3 Å². The summed E-state index contributed by atoms with van der Waals surface area (Å²) in [5, 5.41) is 3.06. The van der Waals surface area contributed by atoms with Crippen molar-refractivity contribution in [3.05, 3.63) is 40.4 Å². The zero-order valence-electron chi connectivity index (χ0n) is 11.8. The molecule has 0 fully saturated rings. The van der Waals surface area contributed by atoms with Crippen LogP contribution in [-0.2, 0) is 9.47 Å². The zero-order valence-corrected chi connectivity index (χ0v) is 13.4. The van der Waals surface area contributed by atoms with Gasteiger partial charge in [0.15, 0.2) is 5.69 Å². The average Bonchev–Trinajstić information content (AvgIpc) is 2.93. The summed E-state index contributed by atoms with van der Waals surface area (Å²) in [6, 6.07) is 7.35. The van der Waals surface area contributed by atoms with E-state index in [0.29, 0.717) is 17.3 Å². The Hall–Kier alpha value is -1.43. The molecule has 0 aliphatic carbocycles. The highest BCUT2D eigenvalue weighted by Gasteiger charge is 2.13. The molecule has 1 aromatic carbocycles. The first-order valence-electron chi connectivity index (χ1n) is 6.56. The van der Waals surface area contributed by atoms with Gasteiger partial charge in [0.2, 0.25) is 0 Å². The van der Waals surface area contributed by atoms with Gasteiger partial charge in [-0.15, -0.1) is 11.3 Å². The molecule has 0 saturated heterocycles. The molecule has 21 heavy (non-hydrogen) atoms. The quantitative estimate of drug-likeness (QED) is 0.594. The molecule has 2 aromatic rings. The van der Waals surface area contributed by atoms with Gasteiger partial charge in [0.1, 0.15) is 11.6 Å². The Morgan fingerprint density at radius 2 is 2.19 bits per heavy atom. The number of nitrogens with zero attached hydrogens (tertiary/aromatic N) is 1. The van der Waals surface area contributed by atoms with Crippen molar-refractivity contribution in [3.63, 3.8) is 0 Å². The van der Waals surface area contributed by atoms with Crippen LogP contribution in [0.3, 0.4) is 0 Å². The van der Waals surface area contributed by atoms with Gasteiger partial charge in [0.25, 0.3) is 0 Å². The van der Waals surface area contributed by atoms with Gasteiger partial charge < -0.3 is 9.47 Å². The third-order valence-electron chi connectivity index (χ3n) is 2.55. The van der Waals surface area contributed by atoms with Crippen LogP contribution in [0.25, 0.3) is 10.6 Å². The minimum absolute atomic E-state index is 0.123. The van der Waals surface area contributed by atoms with Crippen molar-refractivity contribution in [1.29, 1.82) is 0 Å². The molecule has 0 N–H and O–H groups in total. The Morgan fingerprint density at radius 1 is 1.38 bits per heavy atom. The van der Waals surface area contributed by atoms with Gasteiger partial charge in [-0.05, 0) is 26.0 Å². The smallest absolute Gasteiger partial charge is 0.357 e. The maximum Gasteiger partial charge on any atom is 0.357 e. The van der Waals surface area contributed by atoms with Crippen LogP contribution in [0.2, 0.25) is 5.02 Å². The van der Waals surface area contributed by atoms with Gasteiger partial charge in [0, 0.05) is 16.0 Å². The van der Waals surface area contributed by atoms with Crippen LogP contribution in [0.5, 0.6) is 0 Å². The summed E-state index contributed by atoms with van der Waals surface area (Å²) in [7, 11) is 0. The fourth-order valence-corrected chi connectivity index (χ4v) is 2.59. The SMILES string of the molecule is CC(C)OCCOC(=O)c1csc(-c2cccc(Cl)c2)n1. The van der Waals surface area contributed by atoms with Crippen molar-refractivity contribution in [3.8, 4) is 10.6 Å². The predicted molar refractivity (Wildman–Crippen MR) is 83.9 cm³/mol. The monoisotopic (exact) mass is 325 g/mol. The first kappa shape index (κ1) is 15.9. The Balaban J connectivity index is 1.95. The Morgan fingerprint density at radius 3 is 2.90 bits per heavy atom. The summed E-state index contributed by atoms with van der Waals surface area (Å²) in [4.78, 5) is 16.1. The number of esters is 1. The van der Waals surface area contributed by atoms with Gasteiger partial charge in [-0.2, -0.15) is 0 Å². The summed E-state index contributed by atoms with van der Waals surface area (Å²) >= 11 is 7.33. The number of hydrogen-bond donors (Lipinski definition) is 0. The van der Waals surface area contributed by atoms with Crippen LogP contribution < -0.4 is 0 Å². The number of thiazole rings is 1. The molecule has 2 rings (SSSR count). The minimum atomic E-state index is -0.438. The lowest BCUT2D eigenvalue weighted by Crippen LogP contribution is -2.13. The second-order valence-electron chi connectivity index (χ2n) is 4.60. The molecule has 0 spiro atoms. The topological polar surface area (TPSA) is 48.4 Å². The molecule has 0 atom stereocenters. The van der Waals surface area contributed by atoms with Crippen molar-refractivity contribution in [2.24, 2.45) is 0 Å². The van der Waals surface area contributed by atoms with Crippen LogP contribution in [0.15, 0.2) is 29.6 Å². The lowest BCUT2D eigenvalue weighted by Gasteiger charge is -2.07. The van der Waals surface area contributed by atoms with Gasteiger partial charge >= 0.3 is 5.97 Å². The predicted octanol–water partition coefficient (Wildman–Crippen LogP) is 4.05. The lowest BCUT2D eigenvalue weighted by molar-refractivity contribution is 0.0173. The Kier molecular flexibility index (Phi) is 5.73. The van der Waals surface area contributed by atoms with Crippen LogP contribution in [0, 0.1) is 0 Å². The van der Waals surface area contributed by atoms with Crippen molar-refractivity contribution < 1.29 is 14.3 Å². The summed E-state index contributed by atoms with van der Waals surface area (Å²) in [6.45, 7) is 4.47. The van der Waals surface area contributed by atoms with Crippen molar-refractivity contribution in [2.75, 3.05) is 13.2 Å². The number of carbonyl (C=O) groups is 1. The molecule has 0 unspecified atom stereocenters. The van der Waals surface area contributed by atoms with Crippen LogP contribution in [0.4, 0.5) is 0 Å².